The number of hydrogen-bond donors (Lipinski definition) is 2. The summed E-state index contributed by atoms with van der Waals surface area (Å²) in [7, 11) is 0. The standard InChI is InChI=1S/C16H27N3O/c1-2-3-11-17-16(19-14-7-4-5-8-14)18-12-10-15-9-6-13-20-15/h6,9,13-14H,2-5,7-8,10-12H2,1H3,(H2,17,18,19). The first-order chi connectivity index (χ1) is 9.88. The maximum atomic E-state index is 5.35. The van der Waals surface area contributed by atoms with E-state index in [-0.39, 0.29) is 0 Å². The smallest absolute Gasteiger partial charge is 0.191 e. The van der Waals surface area contributed by atoms with Gasteiger partial charge in [0.15, 0.2) is 5.96 Å². The molecule has 4 heteroatoms. The van der Waals surface area contributed by atoms with Gasteiger partial charge in [-0.15, -0.1) is 0 Å². The summed E-state index contributed by atoms with van der Waals surface area (Å²) in [5.74, 6) is 1.99. The Kier molecular flexibility index (Phi) is 6.48. The van der Waals surface area contributed by atoms with Crippen molar-refractivity contribution in [3.8, 4) is 0 Å². The Morgan fingerprint density at radius 1 is 1.40 bits per heavy atom. The van der Waals surface area contributed by atoms with Gasteiger partial charge < -0.3 is 15.1 Å². The number of nitrogens with zero attached hydrogens (tertiary/aromatic N) is 1. The molecular weight excluding hydrogens is 250 g/mol. The van der Waals surface area contributed by atoms with Gasteiger partial charge in [0, 0.05) is 25.6 Å². The molecular formula is C16H27N3O. The third-order valence-corrected chi connectivity index (χ3v) is 3.72. The van der Waals surface area contributed by atoms with E-state index in [1.54, 1.807) is 6.26 Å². The van der Waals surface area contributed by atoms with Crippen LogP contribution in [0.15, 0.2) is 27.8 Å². The van der Waals surface area contributed by atoms with Gasteiger partial charge in [-0.25, -0.2) is 0 Å². The van der Waals surface area contributed by atoms with Crippen LogP contribution in [0.4, 0.5) is 0 Å². The van der Waals surface area contributed by atoms with Crippen molar-refractivity contribution in [2.45, 2.75) is 57.9 Å². The molecule has 1 aliphatic carbocycles. The Bertz CT molecular complexity index is 380. The topological polar surface area (TPSA) is 49.6 Å². The lowest BCUT2D eigenvalue weighted by Gasteiger charge is -2.17. The monoisotopic (exact) mass is 277 g/mol. The number of guanidine groups is 1. The Hall–Kier alpha value is -1.45. The highest BCUT2D eigenvalue weighted by Crippen LogP contribution is 2.17. The molecule has 20 heavy (non-hydrogen) atoms. The van der Waals surface area contributed by atoms with Gasteiger partial charge >= 0.3 is 0 Å². The summed E-state index contributed by atoms with van der Waals surface area (Å²) in [4.78, 5) is 4.66. The Morgan fingerprint density at radius 3 is 2.95 bits per heavy atom. The molecule has 0 radical (unpaired) electrons. The van der Waals surface area contributed by atoms with Crippen LogP contribution >= 0.6 is 0 Å². The van der Waals surface area contributed by atoms with Crippen LogP contribution in [0.1, 0.15) is 51.2 Å². The average Bonchev–Trinajstić information content (AvgIpc) is 3.12. The van der Waals surface area contributed by atoms with E-state index in [9.17, 15) is 0 Å². The second-order valence-electron chi connectivity index (χ2n) is 5.47. The van der Waals surface area contributed by atoms with Crippen molar-refractivity contribution in [3.63, 3.8) is 0 Å². The largest absolute Gasteiger partial charge is 0.469 e. The molecule has 2 rings (SSSR count). The van der Waals surface area contributed by atoms with Crippen molar-refractivity contribution in [1.29, 1.82) is 0 Å². The van der Waals surface area contributed by atoms with Gasteiger partial charge in [-0.05, 0) is 31.4 Å². The third-order valence-electron chi connectivity index (χ3n) is 3.72. The zero-order valence-electron chi connectivity index (χ0n) is 12.5. The molecule has 1 aliphatic rings. The van der Waals surface area contributed by atoms with Crippen molar-refractivity contribution in [1.82, 2.24) is 10.6 Å². The molecule has 0 atom stereocenters. The number of hydrogen-bond acceptors (Lipinski definition) is 2. The number of rotatable bonds is 7. The van der Waals surface area contributed by atoms with Crippen LogP contribution in [0.3, 0.4) is 0 Å². The van der Waals surface area contributed by atoms with Crippen molar-refractivity contribution >= 4 is 5.96 Å². The van der Waals surface area contributed by atoms with Gasteiger partial charge in [0.25, 0.3) is 0 Å². The van der Waals surface area contributed by atoms with Gasteiger partial charge in [-0.2, -0.15) is 0 Å². The first kappa shape index (κ1) is 14.9. The molecule has 1 fully saturated rings. The highest BCUT2D eigenvalue weighted by molar-refractivity contribution is 5.80. The van der Waals surface area contributed by atoms with Gasteiger partial charge in [0.05, 0.1) is 6.26 Å². The summed E-state index contributed by atoms with van der Waals surface area (Å²) in [6.07, 6.45) is 10.2. The number of nitrogens with one attached hydrogen (secondary N) is 2. The molecule has 0 aromatic carbocycles. The van der Waals surface area contributed by atoms with Gasteiger partial charge in [0.2, 0.25) is 0 Å². The first-order valence-electron chi connectivity index (χ1n) is 7.95. The minimum Gasteiger partial charge on any atom is -0.469 e. The van der Waals surface area contributed by atoms with E-state index in [2.05, 4.69) is 22.5 Å². The molecule has 0 spiro atoms. The Balaban J connectivity index is 1.76. The Labute approximate surface area is 122 Å². The summed E-state index contributed by atoms with van der Waals surface area (Å²) in [6, 6.07) is 4.55. The molecule has 2 N–H and O–H groups in total. The number of unbranched alkanes of at least 4 members (excludes halogenated alkanes) is 1. The van der Waals surface area contributed by atoms with Crippen LogP contribution in [0, 0.1) is 0 Å². The molecule has 112 valence electrons. The van der Waals surface area contributed by atoms with Crippen LogP contribution in [-0.4, -0.2) is 25.1 Å². The third kappa shape index (κ3) is 5.27. The molecule has 1 saturated carbocycles. The van der Waals surface area contributed by atoms with Crippen LogP contribution < -0.4 is 10.6 Å². The molecule has 1 aromatic heterocycles. The van der Waals surface area contributed by atoms with Crippen LogP contribution in [0.5, 0.6) is 0 Å². The predicted octanol–water partition coefficient (Wildman–Crippen LogP) is 3.10. The molecule has 1 heterocycles. The summed E-state index contributed by atoms with van der Waals surface area (Å²) < 4.78 is 5.35. The number of furan rings is 1. The fourth-order valence-corrected chi connectivity index (χ4v) is 2.52. The average molecular weight is 277 g/mol. The second-order valence-corrected chi connectivity index (χ2v) is 5.47. The summed E-state index contributed by atoms with van der Waals surface area (Å²) in [5.41, 5.74) is 0. The van der Waals surface area contributed by atoms with E-state index >= 15 is 0 Å². The Morgan fingerprint density at radius 2 is 2.25 bits per heavy atom. The van der Waals surface area contributed by atoms with E-state index in [4.69, 9.17) is 4.42 Å². The van der Waals surface area contributed by atoms with Crippen molar-refractivity contribution in [2.24, 2.45) is 4.99 Å². The highest BCUT2D eigenvalue weighted by atomic mass is 16.3. The summed E-state index contributed by atoms with van der Waals surface area (Å²) in [6.45, 7) is 3.96. The van der Waals surface area contributed by atoms with Gasteiger partial charge in [-0.3, -0.25) is 4.99 Å². The molecule has 1 aromatic rings. The van der Waals surface area contributed by atoms with Crippen LogP contribution in [-0.2, 0) is 6.42 Å². The predicted molar refractivity (Wildman–Crippen MR) is 83.0 cm³/mol. The first-order valence-corrected chi connectivity index (χ1v) is 7.95. The molecule has 0 bridgehead atoms. The number of aliphatic imine (C=N–C) groups is 1. The van der Waals surface area contributed by atoms with E-state index in [0.717, 1.165) is 37.7 Å². The molecule has 0 saturated heterocycles. The van der Waals surface area contributed by atoms with Crippen LogP contribution in [0.2, 0.25) is 0 Å². The molecule has 0 aliphatic heterocycles. The zero-order chi connectivity index (χ0) is 14.0. The lowest BCUT2D eigenvalue weighted by Crippen LogP contribution is -2.43. The fraction of sp³-hybridized carbons (Fsp3) is 0.688. The molecule has 0 amide bonds. The minimum atomic E-state index is 0.603. The SMILES string of the molecule is CCCCN=C(NCCc1ccco1)NC1CCCC1. The fourth-order valence-electron chi connectivity index (χ4n) is 2.52. The van der Waals surface area contributed by atoms with Gasteiger partial charge in [-0.1, -0.05) is 26.2 Å². The van der Waals surface area contributed by atoms with Crippen molar-refractivity contribution in [3.05, 3.63) is 24.2 Å². The van der Waals surface area contributed by atoms with E-state index in [1.165, 1.54) is 32.1 Å². The maximum absolute atomic E-state index is 5.35. The summed E-state index contributed by atoms with van der Waals surface area (Å²) in [5, 5.41) is 6.99. The maximum Gasteiger partial charge on any atom is 0.191 e. The highest BCUT2D eigenvalue weighted by Gasteiger charge is 2.15. The lowest BCUT2D eigenvalue weighted by atomic mass is 10.2. The minimum absolute atomic E-state index is 0.603. The van der Waals surface area contributed by atoms with E-state index < -0.39 is 0 Å². The van der Waals surface area contributed by atoms with E-state index in [1.807, 2.05) is 12.1 Å². The molecule has 4 nitrogen and oxygen atoms in total. The van der Waals surface area contributed by atoms with Crippen molar-refractivity contribution in [2.75, 3.05) is 13.1 Å². The van der Waals surface area contributed by atoms with Gasteiger partial charge in [0.1, 0.15) is 5.76 Å². The van der Waals surface area contributed by atoms with Crippen molar-refractivity contribution < 1.29 is 4.42 Å². The summed E-state index contributed by atoms with van der Waals surface area (Å²) >= 11 is 0. The quantitative estimate of drug-likeness (QED) is 0.457. The second kappa shape index (κ2) is 8.67. The normalized spacial score (nSPS) is 16.6. The lowest BCUT2D eigenvalue weighted by molar-refractivity contribution is 0.506. The molecule has 0 unspecified atom stereocenters. The van der Waals surface area contributed by atoms with E-state index in [0.29, 0.717) is 6.04 Å². The van der Waals surface area contributed by atoms with Crippen LogP contribution in [0.25, 0.3) is 0 Å². The zero-order valence-corrected chi connectivity index (χ0v) is 12.5.